The van der Waals surface area contributed by atoms with Crippen LogP contribution in [0.3, 0.4) is 0 Å². The second-order valence-corrected chi connectivity index (χ2v) is 6.14. The third-order valence-corrected chi connectivity index (χ3v) is 4.36. The number of nitrogen functional groups attached to an aromatic ring is 1. The first-order valence-electron chi connectivity index (χ1n) is 8.39. The summed E-state index contributed by atoms with van der Waals surface area (Å²) in [6.07, 6.45) is 2.13. The number of carbonyl (C=O) groups excluding carboxylic acids is 1. The molecule has 26 heavy (non-hydrogen) atoms. The lowest BCUT2D eigenvalue weighted by Gasteiger charge is -2.26. The van der Waals surface area contributed by atoms with Gasteiger partial charge in [-0.2, -0.15) is 15.1 Å². The van der Waals surface area contributed by atoms with E-state index in [0.717, 1.165) is 17.7 Å². The number of aromatic nitrogens is 4. The summed E-state index contributed by atoms with van der Waals surface area (Å²) in [6, 6.07) is 7.71. The van der Waals surface area contributed by atoms with E-state index in [1.54, 1.807) is 11.1 Å². The van der Waals surface area contributed by atoms with Crippen molar-refractivity contribution in [1.29, 1.82) is 0 Å². The lowest BCUT2D eigenvalue weighted by Crippen LogP contribution is -2.37. The molecule has 1 saturated heterocycles. The molecule has 1 aliphatic rings. The number of nitrogens with zero attached hydrogens (tertiary/aromatic N) is 4. The first kappa shape index (κ1) is 16.1. The minimum absolute atomic E-state index is 0.0443. The van der Waals surface area contributed by atoms with E-state index < -0.39 is 0 Å². The molecule has 0 radical (unpaired) electrons. The molecule has 134 valence electrons. The van der Waals surface area contributed by atoms with Crippen LogP contribution in [0.15, 0.2) is 30.5 Å². The summed E-state index contributed by atoms with van der Waals surface area (Å²) in [5, 5.41) is 10.6. The number of benzene rings is 1. The highest BCUT2D eigenvalue weighted by Gasteiger charge is 2.21. The standard InChI is InChI=1S/C17H19N7O2/c1-10(20-16-21-14(18)13-9-19-23-15(13)22-16)11-3-5-12(6-4-11)24-7-2-8-26-17(24)25/h3-6,9-10H,2,7-8H2,1H3,(H4,18,19,20,21,22,23). The van der Waals surface area contributed by atoms with Gasteiger partial charge in [0.05, 0.1) is 24.2 Å². The van der Waals surface area contributed by atoms with Crippen molar-refractivity contribution in [3.05, 3.63) is 36.0 Å². The molecular weight excluding hydrogens is 334 g/mol. The second kappa shape index (κ2) is 6.51. The number of ether oxygens (including phenoxy) is 1. The Balaban J connectivity index is 1.50. The lowest BCUT2D eigenvalue weighted by molar-refractivity contribution is 0.140. The molecule has 0 bridgehead atoms. The highest BCUT2D eigenvalue weighted by atomic mass is 16.6. The number of nitrogens with one attached hydrogen (secondary N) is 2. The summed E-state index contributed by atoms with van der Waals surface area (Å²) in [4.78, 5) is 22.1. The van der Waals surface area contributed by atoms with Crippen LogP contribution in [-0.4, -0.2) is 39.4 Å². The van der Waals surface area contributed by atoms with Crippen LogP contribution in [0.5, 0.6) is 0 Å². The number of cyclic esters (lactones) is 1. The van der Waals surface area contributed by atoms with Crippen LogP contribution < -0.4 is 16.0 Å². The van der Waals surface area contributed by atoms with Gasteiger partial charge < -0.3 is 15.8 Å². The smallest absolute Gasteiger partial charge is 0.414 e. The van der Waals surface area contributed by atoms with Crippen LogP contribution >= 0.6 is 0 Å². The summed E-state index contributed by atoms with van der Waals surface area (Å²) in [5.74, 6) is 0.799. The Morgan fingerprint density at radius 2 is 2.12 bits per heavy atom. The molecule has 4 rings (SSSR count). The van der Waals surface area contributed by atoms with Crippen LogP contribution in [0.4, 0.5) is 22.2 Å². The normalized spacial score (nSPS) is 15.7. The van der Waals surface area contributed by atoms with E-state index in [4.69, 9.17) is 10.5 Å². The van der Waals surface area contributed by atoms with Crippen molar-refractivity contribution < 1.29 is 9.53 Å². The zero-order valence-corrected chi connectivity index (χ0v) is 14.3. The molecule has 0 aliphatic carbocycles. The van der Waals surface area contributed by atoms with Gasteiger partial charge in [0.1, 0.15) is 5.82 Å². The fraction of sp³-hybridized carbons (Fsp3) is 0.294. The van der Waals surface area contributed by atoms with Gasteiger partial charge in [-0.05, 0) is 31.0 Å². The van der Waals surface area contributed by atoms with E-state index >= 15 is 0 Å². The molecule has 3 aromatic rings. The summed E-state index contributed by atoms with van der Waals surface area (Å²) in [6.45, 7) is 3.16. The van der Waals surface area contributed by atoms with Gasteiger partial charge in [0, 0.05) is 12.2 Å². The van der Waals surface area contributed by atoms with Crippen molar-refractivity contribution >= 4 is 34.6 Å². The number of aromatic amines is 1. The van der Waals surface area contributed by atoms with Gasteiger partial charge >= 0.3 is 6.09 Å². The number of amides is 1. The van der Waals surface area contributed by atoms with E-state index in [2.05, 4.69) is 25.5 Å². The monoisotopic (exact) mass is 353 g/mol. The van der Waals surface area contributed by atoms with Gasteiger partial charge in [-0.1, -0.05) is 12.1 Å². The molecule has 1 aliphatic heterocycles. The maximum Gasteiger partial charge on any atom is 0.414 e. The summed E-state index contributed by atoms with van der Waals surface area (Å²) >= 11 is 0. The molecule has 1 amide bonds. The van der Waals surface area contributed by atoms with Crippen LogP contribution in [0, 0.1) is 0 Å². The van der Waals surface area contributed by atoms with Gasteiger partial charge in [-0.3, -0.25) is 10.00 Å². The van der Waals surface area contributed by atoms with Crippen LogP contribution in [0.1, 0.15) is 24.9 Å². The van der Waals surface area contributed by atoms with Crippen molar-refractivity contribution in [2.75, 3.05) is 29.1 Å². The first-order valence-corrected chi connectivity index (χ1v) is 8.39. The van der Waals surface area contributed by atoms with E-state index in [-0.39, 0.29) is 12.1 Å². The van der Waals surface area contributed by atoms with Crippen LogP contribution in [0.25, 0.3) is 11.0 Å². The van der Waals surface area contributed by atoms with Gasteiger partial charge in [0.2, 0.25) is 5.95 Å². The average molecular weight is 353 g/mol. The Bertz CT molecular complexity index is 938. The Morgan fingerprint density at radius 1 is 1.31 bits per heavy atom. The number of H-pyrrole nitrogens is 1. The Labute approximate surface area is 149 Å². The number of carbonyl (C=O) groups is 1. The zero-order chi connectivity index (χ0) is 18.1. The van der Waals surface area contributed by atoms with E-state index in [1.165, 1.54) is 0 Å². The predicted molar refractivity (Wildman–Crippen MR) is 97.9 cm³/mol. The number of anilines is 3. The van der Waals surface area contributed by atoms with Crippen molar-refractivity contribution in [1.82, 2.24) is 20.2 Å². The lowest BCUT2D eigenvalue weighted by atomic mass is 10.1. The molecule has 0 saturated carbocycles. The number of nitrogens with two attached hydrogens (primary N) is 1. The minimum atomic E-state index is -0.299. The molecule has 4 N–H and O–H groups in total. The number of hydrogen-bond donors (Lipinski definition) is 3. The number of rotatable bonds is 4. The third kappa shape index (κ3) is 2.99. The summed E-state index contributed by atoms with van der Waals surface area (Å²) in [7, 11) is 0. The molecule has 1 fully saturated rings. The highest BCUT2D eigenvalue weighted by Crippen LogP contribution is 2.24. The SMILES string of the molecule is CC(Nc1nc(N)c2cn[nH]c2n1)c1ccc(N2CCCOC2=O)cc1. The fourth-order valence-electron chi connectivity index (χ4n) is 2.93. The second-order valence-electron chi connectivity index (χ2n) is 6.14. The number of fused-ring (bicyclic) bond motifs is 1. The van der Waals surface area contributed by atoms with E-state index in [9.17, 15) is 4.79 Å². The molecule has 3 heterocycles. The predicted octanol–water partition coefficient (Wildman–Crippen LogP) is 2.45. The van der Waals surface area contributed by atoms with Crippen molar-refractivity contribution in [3.63, 3.8) is 0 Å². The topological polar surface area (TPSA) is 122 Å². The van der Waals surface area contributed by atoms with Crippen molar-refractivity contribution in [2.45, 2.75) is 19.4 Å². The molecule has 1 aromatic carbocycles. The highest BCUT2D eigenvalue weighted by molar-refractivity contribution is 5.88. The molecule has 9 nitrogen and oxygen atoms in total. The van der Waals surface area contributed by atoms with Crippen LogP contribution in [-0.2, 0) is 4.74 Å². The average Bonchev–Trinajstić information content (AvgIpc) is 3.11. The maximum atomic E-state index is 11.8. The minimum Gasteiger partial charge on any atom is -0.449 e. The molecule has 9 heteroatoms. The van der Waals surface area contributed by atoms with Gasteiger partial charge in [-0.25, -0.2) is 4.79 Å². The zero-order valence-electron chi connectivity index (χ0n) is 14.3. The largest absolute Gasteiger partial charge is 0.449 e. The summed E-state index contributed by atoms with van der Waals surface area (Å²) in [5.41, 5.74) is 8.38. The molecule has 1 atom stereocenters. The Kier molecular flexibility index (Phi) is 4.04. The van der Waals surface area contributed by atoms with Gasteiger partial charge in [-0.15, -0.1) is 0 Å². The molecule has 2 aromatic heterocycles. The molecule has 0 spiro atoms. The fourth-order valence-corrected chi connectivity index (χ4v) is 2.93. The summed E-state index contributed by atoms with van der Waals surface area (Å²) < 4.78 is 5.08. The molecular formula is C17H19N7O2. The maximum absolute atomic E-state index is 11.8. The first-order chi connectivity index (χ1) is 12.6. The van der Waals surface area contributed by atoms with Gasteiger partial charge in [0.15, 0.2) is 5.65 Å². The molecule has 1 unspecified atom stereocenters. The Hall–Kier alpha value is -3.36. The van der Waals surface area contributed by atoms with E-state index in [1.807, 2.05) is 31.2 Å². The number of hydrogen-bond acceptors (Lipinski definition) is 7. The van der Waals surface area contributed by atoms with Gasteiger partial charge in [0.25, 0.3) is 0 Å². The van der Waals surface area contributed by atoms with Crippen molar-refractivity contribution in [2.24, 2.45) is 0 Å². The van der Waals surface area contributed by atoms with Crippen molar-refractivity contribution in [3.8, 4) is 0 Å². The third-order valence-electron chi connectivity index (χ3n) is 4.36. The quantitative estimate of drug-likeness (QED) is 0.658. The Morgan fingerprint density at radius 3 is 2.88 bits per heavy atom. The van der Waals surface area contributed by atoms with E-state index in [0.29, 0.717) is 36.0 Å². The van der Waals surface area contributed by atoms with Crippen LogP contribution in [0.2, 0.25) is 0 Å².